The smallest absolute Gasteiger partial charge is 0.421 e. The number of carbonyl (C=O) groups is 1. The van der Waals surface area contributed by atoms with Crippen LogP contribution in [0.5, 0.6) is 5.75 Å². The van der Waals surface area contributed by atoms with Gasteiger partial charge in [-0.05, 0) is 65.1 Å². The van der Waals surface area contributed by atoms with Crippen LogP contribution in [-0.4, -0.2) is 97.2 Å². The highest BCUT2D eigenvalue weighted by Crippen LogP contribution is 2.41. The molecule has 16 heteroatoms. The van der Waals surface area contributed by atoms with Gasteiger partial charge < -0.3 is 40.2 Å². The van der Waals surface area contributed by atoms with Crippen LogP contribution >= 0.6 is 7.14 Å². The molecule has 50 heavy (non-hydrogen) atoms. The molecule has 2 saturated heterocycles. The molecule has 0 spiro atoms. The fourth-order valence-corrected chi connectivity index (χ4v) is 7.39. The van der Waals surface area contributed by atoms with Crippen molar-refractivity contribution in [3.05, 3.63) is 48.2 Å². The van der Waals surface area contributed by atoms with Crippen molar-refractivity contribution in [2.45, 2.75) is 51.4 Å². The molecule has 1 aromatic heterocycles. The van der Waals surface area contributed by atoms with Crippen molar-refractivity contribution < 1.29 is 32.0 Å². The van der Waals surface area contributed by atoms with E-state index in [2.05, 4.69) is 30.4 Å². The van der Waals surface area contributed by atoms with E-state index in [0.717, 1.165) is 44.7 Å². The molecule has 2 fully saturated rings. The van der Waals surface area contributed by atoms with Crippen molar-refractivity contribution in [3.8, 4) is 5.75 Å². The summed E-state index contributed by atoms with van der Waals surface area (Å²) in [6, 6.07) is 10.3. The number of anilines is 6. The second-order valence-corrected chi connectivity index (χ2v) is 17.1. The van der Waals surface area contributed by atoms with E-state index in [1.54, 1.807) is 54.6 Å². The lowest BCUT2D eigenvalue weighted by atomic mass is 10.0. The molecule has 3 aromatic rings. The predicted molar refractivity (Wildman–Crippen MR) is 191 cm³/mol. The zero-order valence-electron chi connectivity index (χ0n) is 29.3. The normalized spacial score (nSPS) is 16.7. The molecular weight excluding hydrogens is 672 g/mol. The summed E-state index contributed by atoms with van der Waals surface area (Å²) in [6.07, 6.45) is -2.49. The van der Waals surface area contributed by atoms with E-state index in [1.165, 1.54) is 7.11 Å². The molecule has 0 aliphatic carbocycles. The van der Waals surface area contributed by atoms with Crippen molar-refractivity contribution in [3.63, 3.8) is 0 Å². The van der Waals surface area contributed by atoms with Gasteiger partial charge in [-0.1, -0.05) is 12.1 Å². The summed E-state index contributed by atoms with van der Waals surface area (Å²) in [4.78, 5) is 27.0. The fourth-order valence-electron chi connectivity index (χ4n) is 6.24. The third-order valence-electron chi connectivity index (χ3n) is 8.71. The van der Waals surface area contributed by atoms with Crippen LogP contribution in [0.15, 0.2) is 42.6 Å². The second kappa shape index (κ2) is 14.6. The first-order chi connectivity index (χ1) is 23.4. The monoisotopic (exact) mass is 718 g/mol. The van der Waals surface area contributed by atoms with Gasteiger partial charge in [-0.3, -0.25) is 4.90 Å². The molecule has 0 unspecified atom stereocenters. The Hall–Kier alpha value is -4.23. The zero-order valence-corrected chi connectivity index (χ0v) is 30.2. The van der Waals surface area contributed by atoms with Gasteiger partial charge in [0, 0.05) is 62.9 Å². The number of ether oxygens (including phenoxy) is 2. The Morgan fingerprint density at radius 3 is 2.24 bits per heavy atom. The summed E-state index contributed by atoms with van der Waals surface area (Å²) >= 11 is 0. The molecule has 1 amide bonds. The molecule has 272 valence electrons. The van der Waals surface area contributed by atoms with Crippen molar-refractivity contribution in [2.24, 2.45) is 0 Å². The SMILES string of the molecule is COc1cc(N2CCC(N3CCN(C(=O)OC(C)(C)C)CC3)CC2)c(N)cc1Nc1ncc(C(F)(F)F)c(Nc2ccccc2P(C)(C)=O)n1. The summed E-state index contributed by atoms with van der Waals surface area (Å²) in [5.41, 5.74) is 6.82. The number of aromatic nitrogens is 2. The van der Waals surface area contributed by atoms with E-state index >= 15 is 0 Å². The average Bonchev–Trinajstić information content (AvgIpc) is 3.04. The molecule has 2 aromatic carbocycles. The first-order valence-corrected chi connectivity index (χ1v) is 19.1. The third-order valence-corrected chi connectivity index (χ3v) is 10.3. The number of nitrogens with two attached hydrogens (primary N) is 1. The maximum absolute atomic E-state index is 14.0. The molecule has 4 N–H and O–H groups in total. The van der Waals surface area contributed by atoms with E-state index in [9.17, 15) is 22.5 Å². The second-order valence-electron chi connectivity index (χ2n) is 13.9. The number of amides is 1. The summed E-state index contributed by atoms with van der Waals surface area (Å²) in [7, 11) is -1.33. The minimum Gasteiger partial charge on any atom is -0.494 e. The molecule has 0 radical (unpaired) electrons. The first-order valence-electron chi connectivity index (χ1n) is 16.5. The van der Waals surface area contributed by atoms with E-state index < -0.39 is 30.3 Å². The van der Waals surface area contributed by atoms with E-state index in [0.29, 0.717) is 47.8 Å². The summed E-state index contributed by atoms with van der Waals surface area (Å²) in [5.74, 6) is -0.198. The highest BCUT2D eigenvalue weighted by molar-refractivity contribution is 7.70. The molecule has 12 nitrogen and oxygen atoms in total. The highest BCUT2D eigenvalue weighted by atomic mass is 31.2. The Bertz CT molecular complexity index is 1730. The Kier molecular flexibility index (Phi) is 10.8. The van der Waals surface area contributed by atoms with Gasteiger partial charge in [-0.15, -0.1) is 0 Å². The number of methoxy groups -OCH3 is 1. The number of halogens is 3. The minimum atomic E-state index is -4.75. The van der Waals surface area contributed by atoms with Gasteiger partial charge in [0.1, 0.15) is 29.9 Å². The summed E-state index contributed by atoms with van der Waals surface area (Å²) < 4.78 is 66.1. The number of para-hydroxylation sites is 1. The molecule has 2 aliphatic heterocycles. The van der Waals surface area contributed by atoms with E-state index in [-0.39, 0.29) is 17.7 Å². The number of piperidine rings is 1. The fraction of sp³-hybridized carbons (Fsp3) is 0.500. The highest BCUT2D eigenvalue weighted by Gasteiger charge is 2.36. The van der Waals surface area contributed by atoms with Crippen LogP contribution in [0.3, 0.4) is 0 Å². The van der Waals surface area contributed by atoms with Gasteiger partial charge in [0.05, 0.1) is 29.9 Å². The van der Waals surface area contributed by atoms with Crippen molar-refractivity contribution in [1.82, 2.24) is 19.8 Å². The van der Waals surface area contributed by atoms with Crippen LogP contribution in [0, 0.1) is 0 Å². The number of nitrogens with one attached hydrogen (secondary N) is 2. The minimum absolute atomic E-state index is 0.118. The molecule has 0 atom stereocenters. The standard InChI is InChI=1S/C34H46F3N8O4P/c1-33(2,3)49-32(46)45-17-15-43(16-18-45)22-11-13-44(14-12-22)27-20-28(48-4)26(19-24(27)38)41-31-39-21-23(34(35,36)37)30(42-31)40-25-9-7-8-10-29(25)50(5,6)47/h7-10,19-22H,11-18,38H2,1-6H3,(H2,39,40,41,42). The number of nitrogens with zero attached hydrogens (tertiary/aromatic N) is 5. The average molecular weight is 719 g/mol. The Labute approximate surface area is 290 Å². The van der Waals surface area contributed by atoms with Crippen molar-refractivity contribution in [2.75, 3.05) is 81.0 Å². The topological polar surface area (TPSA) is 138 Å². The van der Waals surface area contributed by atoms with Crippen LogP contribution in [-0.2, 0) is 15.5 Å². The van der Waals surface area contributed by atoms with Crippen molar-refractivity contribution in [1.29, 1.82) is 0 Å². The van der Waals surface area contributed by atoms with Gasteiger partial charge in [-0.25, -0.2) is 9.78 Å². The number of hydrogen-bond acceptors (Lipinski definition) is 11. The molecular formula is C34H46F3N8O4P. The number of rotatable bonds is 8. The van der Waals surface area contributed by atoms with Gasteiger partial charge in [0.2, 0.25) is 5.95 Å². The van der Waals surface area contributed by atoms with Crippen LogP contribution in [0.4, 0.5) is 52.5 Å². The van der Waals surface area contributed by atoms with Gasteiger partial charge >= 0.3 is 12.3 Å². The first kappa shape index (κ1) is 37.0. The van der Waals surface area contributed by atoms with Gasteiger partial charge in [0.15, 0.2) is 0 Å². The molecule has 5 rings (SSSR count). The Morgan fingerprint density at radius 1 is 0.980 bits per heavy atom. The number of nitrogen functional groups attached to an aromatic ring is 1. The lowest BCUT2D eigenvalue weighted by Gasteiger charge is -2.43. The van der Waals surface area contributed by atoms with Crippen LogP contribution in [0.2, 0.25) is 0 Å². The Morgan fingerprint density at radius 2 is 1.64 bits per heavy atom. The zero-order chi connectivity index (χ0) is 36.4. The number of alkyl halides is 3. The number of carbonyl (C=O) groups excluding carboxylic acids is 1. The van der Waals surface area contributed by atoms with Gasteiger partial charge in [-0.2, -0.15) is 18.2 Å². The molecule has 3 heterocycles. The quantitative estimate of drug-likeness (QED) is 0.178. The van der Waals surface area contributed by atoms with Crippen LogP contribution < -0.4 is 31.3 Å². The molecule has 0 bridgehead atoms. The van der Waals surface area contributed by atoms with Crippen LogP contribution in [0.25, 0.3) is 0 Å². The van der Waals surface area contributed by atoms with Crippen molar-refractivity contribution >= 4 is 53.1 Å². The number of hydrogen-bond donors (Lipinski definition) is 3. The summed E-state index contributed by atoms with van der Waals surface area (Å²) in [6.45, 7) is 13.0. The van der Waals surface area contributed by atoms with E-state index in [1.807, 2.05) is 20.8 Å². The van der Waals surface area contributed by atoms with E-state index in [4.69, 9.17) is 15.2 Å². The lowest BCUT2D eigenvalue weighted by Crippen LogP contribution is -2.55. The maximum Gasteiger partial charge on any atom is 0.421 e. The maximum atomic E-state index is 14.0. The summed E-state index contributed by atoms with van der Waals surface area (Å²) in [5, 5.41) is 6.11. The van der Waals surface area contributed by atoms with Crippen LogP contribution in [0.1, 0.15) is 39.2 Å². The third kappa shape index (κ3) is 8.91. The number of piperazine rings is 1. The number of benzene rings is 2. The largest absolute Gasteiger partial charge is 0.494 e. The molecule has 0 saturated carbocycles. The lowest BCUT2D eigenvalue weighted by molar-refractivity contribution is -0.137. The predicted octanol–water partition coefficient (Wildman–Crippen LogP) is 6.34. The van der Waals surface area contributed by atoms with Gasteiger partial charge in [0.25, 0.3) is 0 Å². The molecule has 2 aliphatic rings. The Balaban J connectivity index is 1.28.